The molecule has 16 heavy (non-hydrogen) atoms. The first-order valence-electron chi connectivity index (χ1n) is 4.94. The summed E-state index contributed by atoms with van der Waals surface area (Å²) in [6.45, 7) is 1.93. The Labute approximate surface area is 101 Å². The molecule has 3 rings (SSSR count). The van der Waals surface area contributed by atoms with Crippen LogP contribution in [0.5, 0.6) is 0 Å². The Balaban J connectivity index is 2.22. The maximum atomic E-state index is 5.55. The van der Waals surface area contributed by atoms with E-state index < -0.39 is 0 Å². The summed E-state index contributed by atoms with van der Waals surface area (Å²) in [4.78, 5) is 4.50. The van der Waals surface area contributed by atoms with Crippen LogP contribution in [0.25, 0.3) is 17.1 Å². The fourth-order valence-corrected chi connectivity index (χ4v) is 2.10. The monoisotopic (exact) mass is 276 g/mol. The zero-order chi connectivity index (χ0) is 11.1. The van der Waals surface area contributed by atoms with Crippen LogP contribution in [0.4, 0.5) is 0 Å². The summed E-state index contributed by atoms with van der Waals surface area (Å²) >= 11 is 3.48. The molecule has 0 aromatic carbocycles. The normalized spacial score (nSPS) is 11.1. The number of aryl methyl sites for hydroxylation is 1. The van der Waals surface area contributed by atoms with Crippen molar-refractivity contribution in [3.63, 3.8) is 0 Å². The number of rotatable bonds is 1. The van der Waals surface area contributed by atoms with E-state index in [1.807, 2.05) is 47.9 Å². The van der Waals surface area contributed by atoms with E-state index in [9.17, 15) is 0 Å². The topological polar surface area (TPSA) is 30.4 Å². The van der Waals surface area contributed by atoms with E-state index in [2.05, 4.69) is 20.9 Å². The van der Waals surface area contributed by atoms with Crippen LogP contribution in [0.2, 0.25) is 0 Å². The van der Waals surface area contributed by atoms with E-state index in [0.717, 1.165) is 27.5 Å². The van der Waals surface area contributed by atoms with Crippen molar-refractivity contribution >= 4 is 21.6 Å². The molecule has 0 saturated heterocycles. The van der Waals surface area contributed by atoms with Crippen molar-refractivity contribution in [1.29, 1.82) is 0 Å². The van der Waals surface area contributed by atoms with Crippen LogP contribution >= 0.6 is 15.9 Å². The predicted molar refractivity (Wildman–Crippen MR) is 65.3 cm³/mol. The summed E-state index contributed by atoms with van der Waals surface area (Å²) in [5, 5.41) is 0. The summed E-state index contributed by atoms with van der Waals surface area (Å²) in [6.07, 6.45) is 1.96. The van der Waals surface area contributed by atoms with Crippen LogP contribution in [-0.4, -0.2) is 9.38 Å². The second kappa shape index (κ2) is 3.49. The lowest BCUT2D eigenvalue weighted by molar-refractivity contribution is 0.547. The highest BCUT2D eigenvalue weighted by Gasteiger charge is 2.08. The molecule has 0 N–H and O–H groups in total. The third-order valence-corrected chi connectivity index (χ3v) is 3.08. The largest absolute Gasteiger partial charge is 0.460 e. The second-order valence-electron chi connectivity index (χ2n) is 3.61. The molecule has 0 saturated carbocycles. The third kappa shape index (κ3) is 1.46. The van der Waals surface area contributed by atoms with Gasteiger partial charge in [-0.1, -0.05) is 6.07 Å². The molecule has 0 radical (unpaired) electrons. The Kier molecular flexibility index (Phi) is 2.11. The highest BCUT2D eigenvalue weighted by atomic mass is 79.9. The van der Waals surface area contributed by atoms with Crippen LogP contribution in [-0.2, 0) is 0 Å². The van der Waals surface area contributed by atoms with Crippen molar-refractivity contribution in [3.05, 3.63) is 46.9 Å². The number of imidazole rings is 1. The van der Waals surface area contributed by atoms with Crippen molar-refractivity contribution in [2.75, 3.05) is 0 Å². The maximum Gasteiger partial charge on any atom is 0.154 e. The van der Waals surface area contributed by atoms with Gasteiger partial charge >= 0.3 is 0 Å². The first-order valence-corrected chi connectivity index (χ1v) is 5.74. The van der Waals surface area contributed by atoms with Crippen molar-refractivity contribution < 1.29 is 4.42 Å². The van der Waals surface area contributed by atoms with Gasteiger partial charge in [-0.3, -0.25) is 4.40 Å². The van der Waals surface area contributed by atoms with Gasteiger partial charge in [0, 0.05) is 6.20 Å². The zero-order valence-electron chi connectivity index (χ0n) is 8.64. The average molecular weight is 277 g/mol. The molecule has 3 nitrogen and oxygen atoms in total. The number of furan rings is 1. The lowest BCUT2D eigenvalue weighted by atomic mass is 10.3. The fourth-order valence-electron chi connectivity index (χ4n) is 1.67. The first-order chi connectivity index (χ1) is 7.74. The number of hydrogen-bond donors (Lipinski definition) is 0. The number of pyridine rings is 1. The van der Waals surface area contributed by atoms with Gasteiger partial charge < -0.3 is 4.42 Å². The van der Waals surface area contributed by atoms with E-state index >= 15 is 0 Å². The van der Waals surface area contributed by atoms with E-state index in [4.69, 9.17) is 4.42 Å². The summed E-state index contributed by atoms with van der Waals surface area (Å²) < 4.78 is 8.51. The van der Waals surface area contributed by atoms with Gasteiger partial charge in [0.2, 0.25) is 0 Å². The Bertz CT molecular complexity index is 654. The number of nitrogens with zero attached hydrogens (tertiary/aromatic N) is 2. The molecule has 3 heterocycles. The minimum Gasteiger partial charge on any atom is -0.460 e. The van der Waals surface area contributed by atoms with Gasteiger partial charge in [0.25, 0.3) is 0 Å². The van der Waals surface area contributed by atoms with Gasteiger partial charge in [-0.15, -0.1) is 0 Å². The molecule has 0 aliphatic heterocycles. The molecule has 4 heteroatoms. The minimum atomic E-state index is 0.799. The first kappa shape index (κ1) is 9.66. The van der Waals surface area contributed by atoms with Gasteiger partial charge in [-0.2, -0.15) is 0 Å². The summed E-state index contributed by atoms with van der Waals surface area (Å²) in [6, 6.07) is 9.78. The molecule has 0 unspecified atom stereocenters. The SMILES string of the molecule is Cc1ccc(-c2cn3c(Br)cccc3n2)o1. The summed E-state index contributed by atoms with van der Waals surface area (Å²) in [5.74, 6) is 1.69. The van der Waals surface area contributed by atoms with Gasteiger partial charge in [-0.25, -0.2) is 4.98 Å². The summed E-state index contributed by atoms with van der Waals surface area (Å²) in [7, 11) is 0. The molecule has 0 amide bonds. The fraction of sp³-hybridized carbons (Fsp3) is 0.0833. The van der Waals surface area contributed by atoms with Gasteiger partial charge in [0.05, 0.1) is 4.60 Å². The molecule has 3 aromatic rings. The van der Waals surface area contributed by atoms with Crippen LogP contribution in [0, 0.1) is 6.92 Å². The molecule has 0 fully saturated rings. The standard InChI is InChI=1S/C12H9BrN2O/c1-8-5-6-10(16-8)9-7-15-11(13)3-2-4-12(15)14-9/h2-7H,1H3. The molecule has 3 aromatic heterocycles. The third-order valence-electron chi connectivity index (χ3n) is 2.44. The Morgan fingerprint density at radius 1 is 1.25 bits per heavy atom. The molecule has 80 valence electrons. The summed E-state index contributed by atoms with van der Waals surface area (Å²) in [5.41, 5.74) is 1.75. The minimum absolute atomic E-state index is 0.799. The maximum absolute atomic E-state index is 5.55. The van der Waals surface area contributed by atoms with E-state index in [0.29, 0.717) is 0 Å². The predicted octanol–water partition coefficient (Wildman–Crippen LogP) is 3.67. The molecule has 0 aliphatic rings. The highest BCUT2D eigenvalue weighted by Crippen LogP contribution is 2.23. The average Bonchev–Trinajstić information content (AvgIpc) is 2.84. The Morgan fingerprint density at radius 3 is 2.81 bits per heavy atom. The van der Waals surface area contributed by atoms with Crippen molar-refractivity contribution in [2.24, 2.45) is 0 Å². The zero-order valence-corrected chi connectivity index (χ0v) is 10.2. The molecule has 0 atom stereocenters. The Morgan fingerprint density at radius 2 is 2.12 bits per heavy atom. The highest BCUT2D eigenvalue weighted by molar-refractivity contribution is 9.10. The van der Waals surface area contributed by atoms with E-state index in [-0.39, 0.29) is 0 Å². The van der Waals surface area contributed by atoms with Crippen LogP contribution < -0.4 is 0 Å². The lowest BCUT2D eigenvalue weighted by Gasteiger charge is -1.93. The van der Waals surface area contributed by atoms with Crippen LogP contribution in [0.1, 0.15) is 5.76 Å². The Hall–Kier alpha value is -1.55. The van der Waals surface area contributed by atoms with Crippen LogP contribution in [0.3, 0.4) is 0 Å². The van der Waals surface area contributed by atoms with Crippen LogP contribution in [0.15, 0.2) is 45.5 Å². The van der Waals surface area contributed by atoms with Crippen molar-refractivity contribution in [2.45, 2.75) is 6.92 Å². The molecular weight excluding hydrogens is 268 g/mol. The molecule has 0 spiro atoms. The number of hydrogen-bond acceptors (Lipinski definition) is 2. The molecule has 0 bridgehead atoms. The van der Waals surface area contributed by atoms with Gasteiger partial charge in [-0.05, 0) is 47.1 Å². The van der Waals surface area contributed by atoms with E-state index in [1.54, 1.807) is 0 Å². The lowest BCUT2D eigenvalue weighted by Crippen LogP contribution is -1.82. The number of fused-ring (bicyclic) bond motifs is 1. The van der Waals surface area contributed by atoms with E-state index in [1.165, 1.54) is 0 Å². The second-order valence-corrected chi connectivity index (χ2v) is 4.43. The van der Waals surface area contributed by atoms with Gasteiger partial charge in [0.15, 0.2) is 5.76 Å². The number of halogens is 1. The quantitative estimate of drug-likeness (QED) is 0.635. The van der Waals surface area contributed by atoms with Crippen molar-refractivity contribution in [1.82, 2.24) is 9.38 Å². The molecular formula is C12H9BrN2O. The van der Waals surface area contributed by atoms with Gasteiger partial charge in [0.1, 0.15) is 17.1 Å². The smallest absolute Gasteiger partial charge is 0.154 e. The molecule has 0 aliphatic carbocycles. The number of aromatic nitrogens is 2. The van der Waals surface area contributed by atoms with Crippen molar-refractivity contribution in [3.8, 4) is 11.5 Å².